The average molecular weight is 432 g/mol. The van der Waals surface area contributed by atoms with E-state index in [4.69, 9.17) is 9.73 Å². The molecule has 0 amide bonds. The summed E-state index contributed by atoms with van der Waals surface area (Å²) in [6.07, 6.45) is 4.04. The van der Waals surface area contributed by atoms with Crippen LogP contribution in [0.1, 0.15) is 39.4 Å². The third kappa shape index (κ3) is 3.51. The van der Waals surface area contributed by atoms with E-state index in [2.05, 4.69) is 76.6 Å². The van der Waals surface area contributed by atoms with Crippen molar-refractivity contribution in [2.24, 2.45) is 4.99 Å². The standard InChI is InChI=1S/C25H22BrNO/c26-23-15-18-7-6-17-8-10-19(12-13-20(23)11-9-18)22(14-17)25-27-24(16-28-25)21-4-2-1-3-5-21/h1-5,8-11,14-15,24H,6-7,12-13,16H2/t24-/m0/s1. The highest BCUT2D eigenvalue weighted by Gasteiger charge is 2.23. The molecule has 2 nitrogen and oxygen atoms in total. The van der Waals surface area contributed by atoms with Crippen LogP contribution in [0.15, 0.2) is 76.2 Å². The predicted molar refractivity (Wildman–Crippen MR) is 117 cm³/mol. The van der Waals surface area contributed by atoms with Gasteiger partial charge in [0.05, 0.1) is 0 Å². The van der Waals surface area contributed by atoms with Crippen molar-refractivity contribution in [1.29, 1.82) is 0 Å². The molecule has 0 spiro atoms. The first-order valence-corrected chi connectivity index (χ1v) is 10.7. The largest absolute Gasteiger partial charge is 0.475 e. The molecule has 140 valence electrons. The lowest BCUT2D eigenvalue weighted by Crippen LogP contribution is -2.09. The van der Waals surface area contributed by atoms with Gasteiger partial charge in [-0.1, -0.05) is 70.5 Å². The van der Waals surface area contributed by atoms with Crippen molar-refractivity contribution in [2.45, 2.75) is 31.7 Å². The Morgan fingerprint density at radius 3 is 2.29 bits per heavy atom. The molecule has 4 bridgehead atoms. The van der Waals surface area contributed by atoms with E-state index in [1.165, 1.54) is 37.9 Å². The summed E-state index contributed by atoms with van der Waals surface area (Å²) in [6, 6.07) is 24.2. The van der Waals surface area contributed by atoms with Gasteiger partial charge in [0.1, 0.15) is 12.6 Å². The molecule has 3 aromatic rings. The molecule has 0 radical (unpaired) electrons. The molecule has 5 aliphatic rings. The number of halogens is 1. The molecule has 0 aromatic heterocycles. The maximum atomic E-state index is 6.09. The maximum absolute atomic E-state index is 6.09. The summed E-state index contributed by atoms with van der Waals surface area (Å²) in [4.78, 5) is 4.94. The second kappa shape index (κ2) is 7.56. The van der Waals surface area contributed by atoms with E-state index in [0.717, 1.165) is 31.6 Å². The number of hydrogen-bond acceptors (Lipinski definition) is 2. The minimum Gasteiger partial charge on any atom is -0.475 e. The first-order chi connectivity index (χ1) is 13.8. The number of benzene rings is 3. The Kier molecular flexibility index (Phi) is 4.77. The third-order valence-corrected chi connectivity index (χ3v) is 6.46. The fourth-order valence-electron chi connectivity index (χ4n) is 4.07. The van der Waals surface area contributed by atoms with Crippen LogP contribution >= 0.6 is 15.9 Å². The van der Waals surface area contributed by atoms with Crippen LogP contribution in [0.4, 0.5) is 0 Å². The molecule has 1 heterocycles. The summed E-state index contributed by atoms with van der Waals surface area (Å²) >= 11 is 3.76. The van der Waals surface area contributed by atoms with E-state index < -0.39 is 0 Å². The van der Waals surface area contributed by atoms with Crippen molar-refractivity contribution in [1.82, 2.24) is 0 Å². The lowest BCUT2D eigenvalue weighted by molar-refractivity contribution is 0.319. The van der Waals surface area contributed by atoms with Crippen LogP contribution in [-0.4, -0.2) is 12.5 Å². The zero-order valence-electron chi connectivity index (χ0n) is 15.7. The molecule has 8 rings (SSSR count). The van der Waals surface area contributed by atoms with Crippen molar-refractivity contribution in [3.8, 4) is 0 Å². The van der Waals surface area contributed by atoms with Crippen LogP contribution in [0.2, 0.25) is 0 Å². The fourth-order valence-corrected chi connectivity index (χ4v) is 4.69. The van der Waals surface area contributed by atoms with Gasteiger partial charge in [0.15, 0.2) is 0 Å². The van der Waals surface area contributed by atoms with E-state index in [9.17, 15) is 0 Å². The number of ether oxygens (including phenoxy) is 1. The first-order valence-electron chi connectivity index (χ1n) is 9.91. The molecule has 4 aliphatic carbocycles. The fraction of sp³-hybridized carbons (Fsp3) is 0.240. The van der Waals surface area contributed by atoms with E-state index in [1.807, 2.05) is 6.07 Å². The molecule has 0 saturated carbocycles. The molecular formula is C25H22BrNO. The highest BCUT2D eigenvalue weighted by molar-refractivity contribution is 9.10. The van der Waals surface area contributed by atoms with Gasteiger partial charge in [0, 0.05) is 10.0 Å². The van der Waals surface area contributed by atoms with Gasteiger partial charge >= 0.3 is 0 Å². The third-order valence-electron chi connectivity index (χ3n) is 5.72. The average Bonchev–Trinajstić information content (AvgIpc) is 3.21. The quantitative estimate of drug-likeness (QED) is 0.498. The van der Waals surface area contributed by atoms with E-state index in [1.54, 1.807) is 0 Å². The topological polar surface area (TPSA) is 21.6 Å². The van der Waals surface area contributed by atoms with Crippen molar-refractivity contribution in [3.05, 3.63) is 105 Å². The monoisotopic (exact) mass is 431 g/mol. The summed E-state index contributed by atoms with van der Waals surface area (Å²) in [5.41, 5.74) is 7.77. The normalized spacial score (nSPS) is 18.3. The molecule has 1 aliphatic heterocycles. The SMILES string of the molecule is Brc1cc2ccc1CCc1ccc(cc1C1=N[C@H](c3ccccc3)CO1)CC2. The summed E-state index contributed by atoms with van der Waals surface area (Å²) < 4.78 is 7.31. The van der Waals surface area contributed by atoms with Crippen LogP contribution in [-0.2, 0) is 30.4 Å². The maximum Gasteiger partial charge on any atom is 0.217 e. The number of nitrogens with zero attached hydrogens (tertiary/aromatic N) is 1. The summed E-state index contributed by atoms with van der Waals surface area (Å²) in [6.45, 7) is 0.620. The second-order valence-corrected chi connectivity index (χ2v) is 8.44. The Balaban J connectivity index is 1.50. The second-order valence-electron chi connectivity index (χ2n) is 7.59. The molecule has 3 aromatic carbocycles. The van der Waals surface area contributed by atoms with Crippen LogP contribution in [0, 0.1) is 0 Å². The van der Waals surface area contributed by atoms with E-state index in [0.29, 0.717) is 6.61 Å². The van der Waals surface area contributed by atoms with Gasteiger partial charge in [0.2, 0.25) is 5.90 Å². The number of aryl methyl sites for hydroxylation is 4. The van der Waals surface area contributed by atoms with Crippen molar-refractivity contribution in [2.75, 3.05) is 6.61 Å². The van der Waals surface area contributed by atoms with Crippen LogP contribution in [0.3, 0.4) is 0 Å². The van der Waals surface area contributed by atoms with Gasteiger partial charge < -0.3 is 4.74 Å². The molecule has 3 heteroatoms. The Bertz CT molecular complexity index is 1040. The highest BCUT2D eigenvalue weighted by atomic mass is 79.9. The minimum atomic E-state index is 0.0903. The van der Waals surface area contributed by atoms with Gasteiger partial charge in [-0.2, -0.15) is 0 Å². The number of hydrogen-bond donors (Lipinski definition) is 0. The molecule has 0 saturated heterocycles. The van der Waals surface area contributed by atoms with Crippen LogP contribution < -0.4 is 0 Å². The molecule has 28 heavy (non-hydrogen) atoms. The summed E-state index contributed by atoms with van der Waals surface area (Å²) in [5, 5.41) is 0. The Labute approximate surface area is 174 Å². The molecule has 0 fully saturated rings. The zero-order valence-corrected chi connectivity index (χ0v) is 17.3. The molecule has 1 atom stereocenters. The van der Waals surface area contributed by atoms with Gasteiger partial charge in [-0.3, -0.25) is 0 Å². The highest BCUT2D eigenvalue weighted by Crippen LogP contribution is 2.29. The van der Waals surface area contributed by atoms with Crippen molar-refractivity contribution < 1.29 is 4.74 Å². The Morgan fingerprint density at radius 2 is 1.50 bits per heavy atom. The summed E-state index contributed by atoms with van der Waals surface area (Å²) in [7, 11) is 0. The van der Waals surface area contributed by atoms with Gasteiger partial charge in [0.25, 0.3) is 0 Å². The number of aliphatic imine (C=N–C) groups is 1. The lowest BCUT2D eigenvalue weighted by atomic mass is 9.93. The van der Waals surface area contributed by atoms with Crippen LogP contribution in [0.25, 0.3) is 0 Å². The van der Waals surface area contributed by atoms with Gasteiger partial charge in [-0.25, -0.2) is 4.99 Å². The van der Waals surface area contributed by atoms with E-state index >= 15 is 0 Å². The van der Waals surface area contributed by atoms with Crippen molar-refractivity contribution in [3.63, 3.8) is 0 Å². The summed E-state index contributed by atoms with van der Waals surface area (Å²) in [5.74, 6) is 0.802. The molecule has 0 N–H and O–H groups in total. The molecular weight excluding hydrogens is 410 g/mol. The first kappa shape index (κ1) is 17.7. The minimum absolute atomic E-state index is 0.0903. The van der Waals surface area contributed by atoms with Gasteiger partial charge in [-0.05, 0) is 65.6 Å². The van der Waals surface area contributed by atoms with Crippen molar-refractivity contribution >= 4 is 21.8 Å². The zero-order chi connectivity index (χ0) is 18.9. The number of rotatable bonds is 2. The van der Waals surface area contributed by atoms with Gasteiger partial charge in [-0.15, -0.1) is 0 Å². The Hall–Kier alpha value is -2.39. The van der Waals surface area contributed by atoms with E-state index in [-0.39, 0.29) is 6.04 Å². The lowest BCUT2D eigenvalue weighted by Gasteiger charge is -2.15. The smallest absolute Gasteiger partial charge is 0.217 e. The van der Waals surface area contributed by atoms with Crippen LogP contribution in [0.5, 0.6) is 0 Å². The molecule has 0 unspecified atom stereocenters. The predicted octanol–water partition coefficient (Wildman–Crippen LogP) is 5.85. The Morgan fingerprint density at radius 1 is 0.786 bits per heavy atom.